The lowest BCUT2D eigenvalue weighted by Gasteiger charge is -2.34. The van der Waals surface area contributed by atoms with Crippen LogP contribution in [0.3, 0.4) is 0 Å². The molecular formula is C19H26N4O2. The highest BCUT2D eigenvalue weighted by Crippen LogP contribution is 2.16. The lowest BCUT2D eigenvalue weighted by Crippen LogP contribution is -2.45. The van der Waals surface area contributed by atoms with Crippen molar-refractivity contribution in [1.82, 2.24) is 15.1 Å². The summed E-state index contributed by atoms with van der Waals surface area (Å²) in [6.07, 6.45) is 4.13. The van der Waals surface area contributed by atoms with E-state index in [-0.39, 0.29) is 23.3 Å². The zero-order valence-corrected chi connectivity index (χ0v) is 14.9. The number of phenolic OH excluding ortho intramolecular Hbond substituents is 1. The lowest BCUT2D eigenvalue weighted by atomic mass is 10.0. The van der Waals surface area contributed by atoms with Gasteiger partial charge in [-0.05, 0) is 57.1 Å². The second kappa shape index (κ2) is 9.09. The molecule has 0 saturated carbocycles. The standard InChI is InChI=1S/C19H26N4O2/c1-22-11-8-17(9-12-22)23(2)19(25)16(13-20)14-21-10-7-15-3-5-18(24)6-4-15/h3-6,14,17,21,24H,7-12H2,1-2H3/b16-14-. The molecule has 0 spiro atoms. The molecule has 0 aliphatic carbocycles. The van der Waals surface area contributed by atoms with Gasteiger partial charge in [0.25, 0.3) is 5.91 Å². The highest BCUT2D eigenvalue weighted by Gasteiger charge is 2.25. The molecular weight excluding hydrogens is 316 g/mol. The Kier molecular flexibility index (Phi) is 6.84. The van der Waals surface area contributed by atoms with Gasteiger partial charge in [0.2, 0.25) is 0 Å². The van der Waals surface area contributed by atoms with Gasteiger partial charge in [-0.3, -0.25) is 4.79 Å². The van der Waals surface area contributed by atoms with Crippen LogP contribution in [0.4, 0.5) is 0 Å². The maximum atomic E-state index is 12.5. The number of carbonyl (C=O) groups excluding carboxylic acids is 1. The third kappa shape index (κ3) is 5.50. The highest BCUT2D eigenvalue weighted by atomic mass is 16.3. The van der Waals surface area contributed by atoms with Crippen molar-refractivity contribution >= 4 is 5.91 Å². The monoisotopic (exact) mass is 342 g/mol. The van der Waals surface area contributed by atoms with E-state index in [1.807, 2.05) is 18.2 Å². The molecule has 1 fully saturated rings. The number of likely N-dealkylation sites (N-methyl/N-ethyl adjacent to an activating group) is 1. The fourth-order valence-electron chi connectivity index (χ4n) is 2.93. The molecule has 1 aromatic rings. The van der Waals surface area contributed by atoms with Gasteiger partial charge in [-0.2, -0.15) is 5.26 Å². The number of amides is 1. The van der Waals surface area contributed by atoms with E-state index in [1.54, 1.807) is 24.1 Å². The second-order valence-corrected chi connectivity index (χ2v) is 6.49. The molecule has 2 N–H and O–H groups in total. The van der Waals surface area contributed by atoms with Gasteiger partial charge in [0.1, 0.15) is 17.4 Å². The Labute approximate surface area is 149 Å². The number of likely N-dealkylation sites (tertiary alicyclic amines) is 1. The van der Waals surface area contributed by atoms with Crippen molar-refractivity contribution in [2.24, 2.45) is 0 Å². The highest BCUT2D eigenvalue weighted by molar-refractivity contribution is 5.97. The summed E-state index contributed by atoms with van der Waals surface area (Å²) in [5.41, 5.74) is 1.21. The van der Waals surface area contributed by atoms with Crippen molar-refractivity contribution in [1.29, 1.82) is 5.26 Å². The minimum Gasteiger partial charge on any atom is -0.508 e. The number of nitriles is 1. The van der Waals surface area contributed by atoms with E-state index in [4.69, 9.17) is 0 Å². The molecule has 6 nitrogen and oxygen atoms in total. The van der Waals surface area contributed by atoms with E-state index in [0.29, 0.717) is 6.54 Å². The normalized spacial score (nSPS) is 16.3. The van der Waals surface area contributed by atoms with Crippen molar-refractivity contribution < 1.29 is 9.90 Å². The molecule has 0 radical (unpaired) electrons. The zero-order valence-electron chi connectivity index (χ0n) is 14.9. The number of aromatic hydroxyl groups is 1. The molecule has 0 bridgehead atoms. The number of hydrogen-bond donors (Lipinski definition) is 2. The SMILES string of the molecule is CN1CCC(N(C)C(=O)/C(C#N)=C\NCCc2ccc(O)cc2)CC1. The predicted octanol–water partition coefficient (Wildman–Crippen LogP) is 1.48. The smallest absolute Gasteiger partial charge is 0.265 e. The van der Waals surface area contributed by atoms with E-state index < -0.39 is 0 Å². The zero-order chi connectivity index (χ0) is 18.2. The van der Waals surface area contributed by atoms with Crippen LogP contribution >= 0.6 is 0 Å². The van der Waals surface area contributed by atoms with Gasteiger partial charge in [-0.15, -0.1) is 0 Å². The molecule has 1 aromatic carbocycles. The van der Waals surface area contributed by atoms with Crippen LogP contribution in [-0.2, 0) is 11.2 Å². The van der Waals surface area contributed by atoms with Gasteiger partial charge in [0.05, 0.1) is 0 Å². The third-order valence-corrected chi connectivity index (χ3v) is 4.65. The summed E-state index contributed by atoms with van der Waals surface area (Å²) in [4.78, 5) is 16.5. The molecule has 0 aromatic heterocycles. The quantitative estimate of drug-likeness (QED) is 0.465. The van der Waals surface area contributed by atoms with Crippen LogP contribution in [0.2, 0.25) is 0 Å². The first-order valence-corrected chi connectivity index (χ1v) is 8.58. The van der Waals surface area contributed by atoms with E-state index in [0.717, 1.165) is 37.9 Å². The summed E-state index contributed by atoms with van der Waals surface area (Å²) >= 11 is 0. The number of nitrogens with one attached hydrogen (secondary N) is 1. The third-order valence-electron chi connectivity index (χ3n) is 4.65. The number of phenols is 1. The Hall–Kier alpha value is -2.52. The van der Waals surface area contributed by atoms with Crippen molar-refractivity contribution in [3.63, 3.8) is 0 Å². The summed E-state index contributed by atoms with van der Waals surface area (Å²) < 4.78 is 0. The summed E-state index contributed by atoms with van der Waals surface area (Å²) in [7, 11) is 3.86. The van der Waals surface area contributed by atoms with E-state index in [9.17, 15) is 15.2 Å². The summed E-state index contributed by atoms with van der Waals surface area (Å²) in [5, 5.41) is 21.6. The van der Waals surface area contributed by atoms with Crippen LogP contribution in [0.1, 0.15) is 18.4 Å². The van der Waals surface area contributed by atoms with Gasteiger partial charge in [-0.25, -0.2) is 0 Å². The van der Waals surface area contributed by atoms with Crippen LogP contribution in [-0.4, -0.2) is 60.6 Å². The fraction of sp³-hybridized carbons (Fsp3) is 0.474. The Morgan fingerprint density at radius 1 is 1.40 bits per heavy atom. The van der Waals surface area contributed by atoms with Crippen molar-refractivity contribution in [2.45, 2.75) is 25.3 Å². The van der Waals surface area contributed by atoms with Gasteiger partial charge < -0.3 is 20.2 Å². The minimum atomic E-state index is -0.228. The van der Waals surface area contributed by atoms with E-state index >= 15 is 0 Å². The number of piperidine rings is 1. The summed E-state index contributed by atoms with van der Waals surface area (Å²) in [6.45, 7) is 2.55. The van der Waals surface area contributed by atoms with E-state index in [2.05, 4.69) is 17.3 Å². The Bertz CT molecular complexity index is 640. The van der Waals surface area contributed by atoms with Crippen LogP contribution < -0.4 is 5.32 Å². The molecule has 1 aliphatic heterocycles. The predicted molar refractivity (Wildman–Crippen MR) is 96.8 cm³/mol. The van der Waals surface area contributed by atoms with Crippen LogP contribution in [0.5, 0.6) is 5.75 Å². The molecule has 1 amide bonds. The first-order chi connectivity index (χ1) is 12.0. The van der Waals surface area contributed by atoms with Crippen molar-refractivity contribution in [2.75, 3.05) is 33.7 Å². The topological polar surface area (TPSA) is 79.6 Å². The number of nitrogens with zero attached hydrogens (tertiary/aromatic N) is 3. The molecule has 6 heteroatoms. The molecule has 1 heterocycles. The number of benzene rings is 1. The summed E-state index contributed by atoms with van der Waals surface area (Å²) in [6, 6.07) is 9.19. The average molecular weight is 342 g/mol. The molecule has 0 unspecified atom stereocenters. The summed E-state index contributed by atoms with van der Waals surface area (Å²) in [5.74, 6) is 0.0140. The van der Waals surface area contributed by atoms with Crippen LogP contribution in [0.15, 0.2) is 36.0 Å². The molecule has 25 heavy (non-hydrogen) atoms. The number of carbonyl (C=O) groups is 1. The van der Waals surface area contributed by atoms with Gasteiger partial charge in [0.15, 0.2) is 0 Å². The molecule has 1 saturated heterocycles. The maximum Gasteiger partial charge on any atom is 0.265 e. The number of hydrogen-bond acceptors (Lipinski definition) is 5. The van der Waals surface area contributed by atoms with Gasteiger partial charge >= 0.3 is 0 Å². The first kappa shape index (κ1) is 18.8. The largest absolute Gasteiger partial charge is 0.508 e. The second-order valence-electron chi connectivity index (χ2n) is 6.49. The average Bonchev–Trinajstić information content (AvgIpc) is 2.63. The number of rotatable bonds is 6. The first-order valence-electron chi connectivity index (χ1n) is 8.58. The molecule has 0 atom stereocenters. The maximum absolute atomic E-state index is 12.5. The van der Waals surface area contributed by atoms with Gasteiger partial charge in [-0.1, -0.05) is 12.1 Å². The van der Waals surface area contributed by atoms with Crippen LogP contribution in [0, 0.1) is 11.3 Å². The minimum absolute atomic E-state index is 0.132. The van der Waals surface area contributed by atoms with E-state index in [1.165, 1.54) is 6.20 Å². The van der Waals surface area contributed by atoms with Crippen LogP contribution in [0.25, 0.3) is 0 Å². The van der Waals surface area contributed by atoms with Gasteiger partial charge in [0, 0.05) is 25.8 Å². The Morgan fingerprint density at radius 2 is 2.04 bits per heavy atom. The molecule has 2 rings (SSSR count). The Morgan fingerprint density at radius 3 is 2.64 bits per heavy atom. The Balaban J connectivity index is 1.85. The lowest BCUT2D eigenvalue weighted by molar-refractivity contribution is -0.128. The fourth-order valence-corrected chi connectivity index (χ4v) is 2.93. The van der Waals surface area contributed by atoms with Crippen molar-refractivity contribution in [3.05, 3.63) is 41.6 Å². The van der Waals surface area contributed by atoms with Crippen molar-refractivity contribution in [3.8, 4) is 11.8 Å². The molecule has 134 valence electrons. The molecule has 1 aliphatic rings.